The number of hydrogen-bond acceptors (Lipinski definition) is 4. The molecule has 0 aliphatic heterocycles. The Bertz CT molecular complexity index is 434. The lowest BCUT2D eigenvalue weighted by molar-refractivity contribution is 0.0705. The summed E-state index contributed by atoms with van der Waals surface area (Å²) in [5, 5.41) is 18.6. The van der Waals surface area contributed by atoms with E-state index in [0.29, 0.717) is 19.5 Å². The quantitative estimate of drug-likeness (QED) is 0.791. The molecule has 1 atom stereocenters. The lowest BCUT2D eigenvalue weighted by atomic mass is 10.1. The molecule has 1 aromatic carbocycles. The molecule has 0 heterocycles. The maximum atomic E-state index is 10.0. The van der Waals surface area contributed by atoms with Gasteiger partial charge in [0.2, 0.25) is 0 Å². The summed E-state index contributed by atoms with van der Waals surface area (Å²) in [6, 6.07) is 8.14. The maximum Gasteiger partial charge on any atom is 0.119 e. The summed E-state index contributed by atoms with van der Waals surface area (Å²) in [5.74, 6) is 0.793. The van der Waals surface area contributed by atoms with E-state index < -0.39 is 6.10 Å². The van der Waals surface area contributed by atoms with Crippen molar-refractivity contribution in [1.29, 1.82) is 5.26 Å². The number of aliphatic hydroxyl groups excluding tert-OH is 1. The van der Waals surface area contributed by atoms with Crippen molar-refractivity contribution in [2.75, 3.05) is 26.2 Å². The van der Waals surface area contributed by atoms with Crippen molar-refractivity contribution in [3.8, 4) is 11.8 Å². The van der Waals surface area contributed by atoms with E-state index >= 15 is 0 Å². The van der Waals surface area contributed by atoms with Gasteiger partial charge in [0.1, 0.15) is 18.5 Å². The number of benzene rings is 1. The van der Waals surface area contributed by atoms with Gasteiger partial charge in [0, 0.05) is 19.5 Å². The highest BCUT2D eigenvalue weighted by Gasteiger charge is 2.11. The molecule has 0 radical (unpaired) electrons. The molecule has 0 fully saturated rings. The van der Waals surface area contributed by atoms with Gasteiger partial charge in [-0.3, -0.25) is 4.90 Å². The number of ether oxygens (including phenoxy) is 1. The predicted octanol–water partition coefficient (Wildman–Crippen LogP) is 2.28. The zero-order chi connectivity index (χ0) is 15.0. The topological polar surface area (TPSA) is 56.5 Å². The number of nitrogens with zero attached hydrogens (tertiary/aromatic N) is 2. The van der Waals surface area contributed by atoms with Gasteiger partial charge in [0.15, 0.2) is 0 Å². The first kappa shape index (κ1) is 16.5. The highest BCUT2D eigenvalue weighted by atomic mass is 16.5. The average Bonchev–Trinajstić information content (AvgIpc) is 2.40. The summed E-state index contributed by atoms with van der Waals surface area (Å²) < 4.78 is 5.64. The molecule has 0 saturated carbocycles. The van der Waals surface area contributed by atoms with Crippen LogP contribution in [0.1, 0.15) is 24.5 Å². The van der Waals surface area contributed by atoms with Crippen molar-refractivity contribution in [3.05, 3.63) is 29.3 Å². The molecule has 0 aliphatic carbocycles. The number of aryl methyl sites for hydroxylation is 2. The summed E-state index contributed by atoms with van der Waals surface area (Å²) in [6.07, 6.45) is -0.0622. The Morgan fingerprint density at radius 2 is 1.95 bits per heavy atom. The Morgan fingerprint density at radius 3 is 2.50 bits per heavy atom. The van der Waals surface area contributed by atoms with Crippen molar-refractivity contribution in [2.45, 2.75) is 33.3 Å². The largest absolute Gasteiger partial charge is 0.491 e. The Labute approximate surface area is 121 Å². The van der Waals surface area contributed by atoms with Gasteiger partial charge in [0.05, 0.1) is 6.07 Å². The van der Waals surface area contributed by atoms with Gasteiger partial charge in [0.25, 0.3) is 0 Å². The van der Waals surface area contributed by atoms with Gasteiger partial charge in [-0.15, -0.1) is 0 Å². The molecule has 1 rings (SSSR count). The van der Waals surface area contributed by atoms with Gasteiger partial charge in [-0.1, -0.05) is 13.0 Å². The molecule has 0 bridgehead atoms. The van der Waals surface area contributed by atoms with E-state index in [1.165, 1.54) is 0 Å². The van der Waals surface area contributed by atoms with Gasteiger partial charge < -0.3 is 9.84 Å². The number of likely N-dealkylation sites (N-methyl/N-ethyl adjacent to an activating group) is 1. The van der Waals surface area contributed by atoms with E-state index in [1.54, 1.807) is 0 Å². The highest BCUT2D eigenvalue weighted by Crippen LogP contribution is 2.16. The van der Waals surface area contributed by atoms with Gasteiger partial charge in [-0.05, 0) is 43.7 Å². The first-order valence-electron chi connectivity index (χ1n) is 7.03. The number of rotatable bonds is 8. The van der Waals surface area contributed by atoms with E-state index in [-0.39, 0.29) is 6.61 Å². The standard InChI is InChI=1S/C16H24N2O2/c1-4-18(7-5-6-17)11-15(19)12-20-16-9-13(2)8-14(3)10-16/h8-10,15,19H,4-5,7,11-12H2,1-3H3. The van der Waals surface area contributed by atoms with Crippen molar-refractivity contribution >= 4 is 0 Å². The van der Waals surface area contributed by atoms with E-state index in [1.807, 2.05) is 32.9 Å². The molecule has 1 unspecified atom stereocenters. The summed E-state index contributed by atoms with van der Waals surface area (Å²) in [4.78, 5) is 2.05. The minimum atomic E-state index is -0.547. The molecule has 0 aliphatic rings. The van der Waals surface area contributed by atoms with Crippen molar-refractivity contribution in [3.63, 3.8) is 0 Å². The van der Waals surface area contributed by atoms with E-state index in [9.17, 15) is 5.11 Å². The first-order chi connectivity index (χ1) is 9.55. The molecule has 0 aromatic heterocycles. The van der Waals surface area contributed by atoms with Crippen LogP contribution in [0.2, 0.25) is 0 Å². The third-order valence-corrected chi connectivity index (χ3v) is 3.09. The molecule has 4 nitrogen and oxygen atoms in total. The molecule has 110 valence electrons. The van der Waals surface area contributed by atoms with Crippen molar-refractivity contribution in [1.82, 2.24) is 4.90 Å². The van der Waals surface area contributed by atoms with Crippen LogP contribution in [0.25, 0.3) is 0 Å². The summed E-state index contributed by atoms with van der Waals surface area (Å²) in [5.41, 5.74) is 2.30. The van der Waals surface area contributed by atoms with Crippen molar-refractivity contribution < 1.29 is 9.84 Å². The average molecular weight is 276 g/mol. The van der Waals surface area contributed by atoms with E-state index in [4.69, 9.17) is 10.00 Å². The number of hydrogen-bond donors (Lipinski definition) is 1. The van der Waals surface area contributed by atoms with Gasteiger partial charge in [-0.2, -0.15) is 5.26 Å². The van der Waals surface area contributed by atoms with Gasteiger partial charge in [-0.25, -0.2) is 0 Å². The molecule has 0 amide bonds. The van der Waals surface area contributed by atoms with Crippen LogP contribution >= 0.6 is 0 Å². The third-order valence-electron chi connectivity index (χ3n) is 3.09. The predicted molar refractivity (Wildman–Crippen MR) is 79.8 cm³/mol. The zero-order valence-corrected chi connectivity index (χ0v) is 12.6. The Morgan fingerprint density at radius 1 is 1.30 bits per heavy atom. The zero-order valence-electron chi connectivity index (χ0n) is 12.6. The second kappa shape index (κ2) is 8.57. The fourth-order valence-electron chi connectivity index (χ4n) is 2.15. The smallest absolute Gasteiger partial charge is 0.119 e. The lowest BCUT2D eigenvalue weighted by Gasteiger charge is -2.22. The third kappa shape index (κ3) is 6.05. The van der Waals surface area contributed by atoms with Crippen LogP contribution in [-0.4, -0.2) is 42.4 Å². The van der Waals surface area contributed by atoms with Crippen molar-refractivity contribution in [2.24, 2.45) is 0 Å². The normalized spacial score (nSPS) is 12.2. The lowest BCUT2D eigenvalue weighted by Crippen LogP contribution is -2.36. The minimum Gasteiger partial charge on any atom is -0.491 e. The molecule has 1 aromatic rings. The molecular formula is C16H24N2O2. The summed E-state index contributed by atoms with van der Waals surface area (Å²) in [6.45, 7) is 8.38. The second-order valence-electron chi connectivity index (χ2n) is 5.09. The highest BCUT2D eigenvalue weighted by molar-refractivity contribution is 5.32. The molecule has 0 spiro atoms. The molecular weight excluding hydrogens is 252 g/mol. The number of nitriles is 1. The monoisotopic (exact) mass is 276 g/mol. The maximum absolute atomic E-state index is 10.0. The van der Waals surface area contributed by atoms with Crippen LogP contribution in [0.15, 0.2) is 18.2 Å². The fourth-order valence-corrected chi connectivity index (χ4v) is 2.15. The fraction of sp³-hybridized carbons (Fsp3) is 0.562. The first-order valence-corrected chi connectivity index (χ1v) is 7.03. The Kier molecular flexibility index (Phi) is 7.06. The van der Waals surface area contributed by atoms with Crippen LogP contribution in [0.5, 0.6) is 5.75 Å². The number of aliphatic hydroxyl groups is 1. The van der Waals surface area contributed by atoms with Crippen LogP contribution in [-0.2, 0) is 0 Å². The minimum absolute atomic E-state index is 0.270. The SMILES string of the molecule is CCN(CCC#N)CC(O)COc1cc(C)cc(C)c1. The Hall–Kier alpha value is -1.57. The van der Waals surface area contributed by atoms with Crippen LogP contribution in [0.3, 0.4) is 0 Å². The summed E-state index contributed by atoms with van der Waals surface area (Å²) >= 11 is 0. The molecule has 4 heteroatoms. The molecule has 0 saturated heterocycles. The van der Waals surface area contributed by atoms with Crippen LogP contribution in [0.4, 0.5) is 0 Å². The Balaban J connectivity index is 2.42. The second-order valence-corrected chi connectivity index (χ2v) is 5.09. The molecule has 1 N–H and O–H groups in total. The van der Waals surface area contributed by atoms with E-state index in [0.717, 1.165) is 23.4 Å². The van der Waals surface area contributed by atoms with Crippen LogP contribution in [0, 0.1) is 25.2 Å². The van der Waals surface area contributed by atoms with Gasteiger partial charge >= 0.3 is 0 Å². The van der Waals surface area contributed by atoms with E-state index in [2.05, 4.69) is 17.0 Å². The van der Waals surface area contributed by atoms with Crippen LogP contribution < -0.4 is 4.74 Å². The summed E-state index contributed by atoms with van der Waals surface area (Å²) in [7, 11) is 0. The molecule has 20 heavy (non-hydrogen) atoms.